The molecule has 0 spiro atoms. The van der Waals surface area contributed by atoms with Crippen molar-refractivity contribution in [3.63, 3.8) is 0 Å². The molecule has 0 bridgehead atoms. The van der Waals surface area contributed by atoms with Gasteiger partial charge in [-0.05, 0) is 6.07 Å². The molecule has 0 aliphatic rings. The van der Waals surface area contributed by atoms with Crippen molar-refractivity contribution in [1.29, 1.82) is 0 Å². The van der Waals surface area contributed by atoms with Crippen LogP contribution < -0.4 is 5.46 Å². The fourth-order valence-electron chi connectivity index (χ4n) is 0.908. The van der Waals surface area contributed by atoms with Gasteiger partial charge in [-0.1, -0.05) is 12.6 Å². The number of nitrogens with zero attached hydrogens (tertiary/aromatic N) is 2. The molecule has 2 N–H and O–H groups in total. The van der Waals surface area contributed by atoms with E-state index in [-0.39, 0.29) is 5.46 Å². The molecule has 0 saturated heterocycles. The molecule has 1 rings (SSSR count). The summed E-state index contributed by atoms with van der Waals surface area (Å²) >= 11 is 0. The van der Waals surface area contributed by atoms with Crippen molar-refractivity contribution in [3.05, 3.63) is 29.2 Å². The Kier molecular flexibility index (Phi) is 2.97. The highest BCUT2D eigenvalue weighted by Gasteiger charge is 2.37. The fraction of sp³-hybridized carbons (Fsp3) is 0.143. The van der Waals surface area contributed by atoms with Gasteiger partial charge in [0.25, 0.3) is 5.82 Å². The Morgan fingerprint density at radius 1 is 1.33 bits per heavy atom. The maximum absolute atomic E-state index is 12.1. The standard InChI is InChI=1S/C7H4BF3N2O2/c1-12-6-4(8(14)15)2-3-5(13-6)7(9,10)11/h2-3,14-15H. The van der Waals surface area contributed by atoms with Crippen molar-refractivity contribution in [2.75, 3.05) is 0 Å². The van der Waals surface area contributed by atoms with Crippen molar-refractivity contribution in [2.45, 2.75) is 6.18 Å². The fourth-order valence-corrected chi connectivity index (χ4v) is 0.908. The number of hydrogen-bond acceptors (Lipinski definition) is 3. The third-order valence-corrected chi connectivity index (χ3v) is 1.58. The summed E-state index contributed by atoms with van der Waals surface area (Å²) in [4.78, 5) is 5.67. The molecular formula is C7H4BF3N2O2. The molecule has 8 heteroatoms. The van der Waals surface area contributed by atoms with Crippen LogP contribution in [0.25, 0.3) is 4.85 Å². The molecule has 0 saturated carbocycles. The zero-order chi connectivity index (χ0) is 11.6. The van der Waals surface area contributed by atoms with Crippen LogP contribution in [0.3, 0.4) is 0 Å². The van der Waals surface area contributed by atoms with Gasteiger partial charge in [0.05, 0.1) is 0 Å². The number of halogens is 3. The smallest absolute Gasteiger partial charge is 0.424 e. The van der Waals surface area contributed by atoms with Gasteiger partial charge in [-0.3, -0.25) is 0 Å². The van der Waals surface area contributed by atoms with E-state index in [1.165, 1.54) is 0 Å². The van der Waals surface area contributed by atoms with Gasteiger partial charge in [0, 0.05) is 5.46 Å². The van der Waals surface area contributed by atoms with Gasteiger partial charge in [0.2, 0.25) is 5.69 Å². The van der Waals surface area contributed by atoms with Crippen LogP contribution in [0.1, 0.15) is 5.69 Å². The van der Waals surface area contributed by atoms with Gasteiger partial charge >= 0.3 is 13.3 Å². The molecule has 0 atom stereocenters. The van der Waals surface area contributed by atoms with Crippen LogP contribution in [0.15, 0.2) is 12.1 Å². The SMILES string of the molecule is [C-]#[N+]c1nc(C(F)(F)F)ccc1B(O)O. The predicted molar refractivity (Wildman–Crippen MR) is 45.3 cm³/mol. The lowest BCUT2D eigenvalue weighted by atomic mass is 9.80. The van der Waals surface area contributed by atoms with E-state index in [9.17, 15) is 13.2 Å². The topological polar surface area (TPSA) is 57.7 Å². The predicted octanol–water partition coefficient (Wildman–Crippen LogP) is 0.331. The highest BCUT2D eigenvalue weighted by atomic mass is 19.4. The average Bonchev–Trinajstić information content (AvgIpc) is 2.15. The van der Waals surface area contributed by atoms with Crippen LogP contribution >= 0.6 is 0 Å². The molecule has 0 unspecified atom stereocenters. The molecule has 0 radical (unpaired) electrons. The minimum absolute atomic E-state index is 0.349. The Morgan fingerprint density at radius 2 is 1.93 bits per heavy atom. The summed E-state index contributed by atoms with van der Waals surface area (Å²) in [7, 11) is -2.01. The van der Waals surface area contributed by atoms with Crippen LogP contribution in [-0.2, 0) is 6.18 Å². The molecule has 4 nitrogen and oxygen atoms in total. The minimum atomic E-state index is -4.65. The summed E-state index contributed by atoms with van der Waals surface area (Å²) in [6.45, 7) is 6.55. The number of pyridine rings is 1. The third kappa shape index (κ3) is 2.46. The third-order valence-electron chi connectivity index (χ3n) is 1.58. The van der Waals surface area contributed by atoms with E-state index in [0.717, 1.165) is 6.07 Å². The molecule has 78 valence electrons. The van der Waals surface area contributed by atoms with Crippen LogP contribution in [0.5, 0.6) is 0 Å². The Morgan fingerprint density at radius 3 is 2.33 bits per heavy atom. The molecule has 1 aromatic rings. The molecule has 0 amide bonds. The average molecular weight is 216 g/mol. The van der Waals surface area contributed by atoms with E-state index in [1.807, 2.05) is 0 Å². The number of alkyl halides is 3. The summed E-state index contributed by atoms with van der Waals surface area (Å²) in [5.74, 6) is -0.667. The Labute approximate surface area is 83.0 Å². The van der Waals surface area contributed by atoms with Crippen LogP contribution in [0.4, 0.5) is 19.0 Å². The molecule has 0 aliphatic heterocycles. The van der Waals surface area contributed by atoms with E-state index in [0.29, 0.717) is 6.07 Å². The zero-order valence-corrected chi connectivity index (χ0v) is 7.15. The van der Waals surface area contributed by atoms with Gasteiger partial charge in [0.15, 0.2) is 0 Å². The lowest BCUT2D eigenvalue weighted by Gasteiger charge is -2.05. The molecule has 0 fully saturated rings. The van der Waals surface area contributed by atoms with Gasteiger partial charge in [0.1, 0.15) is 0 Å². The van der Waals surface area contributed by atoms with Crippen molar-refractivity contribution >= 4 is 18.4 Å². The molecular weight excluding hydrogens is 212 g/mol. The van der Waals surface area contributed by atoms with Gasteiger partial charge in [-0.15, -0.1) is 4.98 Å². The van der Waals surface area contributed by atoms with E-state index in [4.69, 9.17) is 16.6 Å². The van der Waals surface area contributed by atoms with Crippen molar-refractivity contribution < 1.29 is 23.2 Å². The molecule has 0 aromatic carbocycles. The van der Waals surface area contributed by atoms with Gasteiger partial charge in [-0.2, -0.15) is 13.2 Å². The lowest BCUT2D eigenvalue weighted by molar-refractivity contribution is -0.141. The summed E-state index contributed by atoms with van der Waals surface area (Å²) in [6, 6.07) is 1.40. The molecule has 1 aromatic heterocycles. The monoisotopic (exact) mass is 216 g/mol. The van der Waals surface area contributed by atoms with E-state index >= 15 is 0 Å². The first-order chi connectivity index (χ1) is 6.86. The second kappa shape index (κ2) is 3.88. The number of rotatable bonds is 1. The van der Waals surface area contributed by atoms with Crippen LogP contribution in [0, 0.1) is 6.57 Å². The van der Waals surface area contributed by atoms with Crippen molar-refractivity contribution in [1.82, 2.24) is 4.98 Å². The highest BCUT2D eigenvalue weighted by Crippen LogP contribution is 2.28. The molecule has 0 aliphatic carbocycles. The largest absolute Gasteiger partial charge is 0.478 e. The van der Waals surface area contributed by atoms with Gasteiger partial charge in [-0.25, -0.2) is 0 Å². The van der Waals surface area contributed by atoms with Crippen LogP contribution in [0.2, 0.25) is 0 Å². The maximum atomic E-state index is 12.1. The summed E-state index contributed by atoms with van der Waals surface area (Å²) in [5, 5.41) is 17.4. The van der Waals surface area contributed by atoms with Crippen molar-refractivity contribution in [2.24, 2.45) is 0 Å². The summed E-state index contributed by atoms with van der Waals surface area (Å²) in [5.41, 5.74) is -1.59. The highest BCUT2D eigenvalue weighted by molar-refractivity contribution is 6.60. The Hall–Kier alpha value is -1.59. The first kappa shape index (κ1) is 11.5. The second-order valence-corrected chi connectivity index (χ2v) is 2.59. The minimum Gasteiger partial charge on any atom is -0.424 e. The van der Waals surface area contributed by atoms with Crippen molar-refractivity contribution in [3.8, 4) is 0 Å². The molecule has 15 heavy (non-hydrogen) atoms. The van der Waals surface area contributed by atoms with E-state index < -0.39 is 24.8 Å². The number of aromatic nitrogens is 1. The zero-order valence-electron chi connectivity index (χ0n) is 7.15. The lowest BCUT2D eigenvalue weighted by Crippen LogP contribution is -2.31. The second-order valence-electron chi connectivity index (χ2n) is 2.59. The Balaban J connectivity index is 3.27. The maximum Gasteiger partial charge on any atom is 0.478 e. The first-order valence-electron chi connectivity index (χ1n) is 3.68. The quantitative estimate of drug-likeness (QED) is 0.525. The Bertz CT molecular complexity index is 414. The van der Waals surface area contributed by atoms with E-state index in [2.05, 4.69) is 9.83 Å². The van der Waals surface area contributed by atoms with Crippen LogP contribution in [-0.4, -0.2) is 22.2 Å². The first-order valence-corrected chi connectivity index (χ1v) is 3.68. The molecule has 1 heterocycles. The van der Waals surface area contributed by atoms with Gasteiger partial charge < -0.3 is 14.9 Å². The summed E-state index contributed by atoms with van der Waals surface area (Å²) < 4.78 is 36.4. The summed E-state index contributed by atoms with van der Waals surface area (Å²) in [6.07, 6.45) is -4.65. The number of hydrogen-bond donors (Lipinski definition) is 2. The normalized spacial score (nSPS) is 10.9. The van der Waals surface area contributed by atoms with E-state index in [1.54, 1.807) is 0 Å².